The Morgan fingerprint density at radius 1 is 1.13 bits per heavy atom. The van der Waals surface area contributed by atoms with Gasteiger partial charge in [-0.1, -0.05) is 6.92 Å². The Morgan fingerprint density at radius 2 is 1.83 bits per heavy atom. The van der Waals surface area contributed by atoms with E-state index in [-0.39, 0.29) is 12.4 Å². The molecule has 3 saturated heterocycles. The van der Waals surface area contributed by atoms with Gasteiger partial charge in [-0.15, -0.1) is 0 Å². The molecule has 3 aliphatic rings. The summed E-state index contributed by atoms with van der Waals surface area (Å²) < 4.78 is 5.39. The molecule has 1 N–H and O–H groups in total. The number of hydrogen-bond acceptors (Lipinski definition) is 6. The van der Waals surface area contributed by atoms with Gasteiger partial charge in [-0.05, 0) is 50.3 Å². The molecule has 1 aromatic rings. The standard InChI is InChI=1S/C21H32N4O2.CH2O2/c1-17-3-2-8-25(16-17)19-6-9-24(10-7-19)21(26)18-4-5-20(22-15-18)23-11-13-27-14-12-23;2-1-3/h4-5,15,17,19H,2-3,6-14,16H2,1H3;1H,(H,2,3)/t17-;/m1./s1. The fraction of sp³-hybridized carbons (Fsp3) is 0.682. The second-order valence-electron chi connectivity index (χ2n) is 8.38. The highest BCUT2D eigenvalue weighted by molar-refractivity contribution is 5.94. The maximum absolute atomic E-state index is 12.9. The highest BCUT2D eigenvalue weighted by atomic mass is 16.5. The van der Waals surface area contributed by atoms with Gasteiger partial charge < -0.3 is 19.6 Å². The summed E-state index contributed by atoms with van der Waals surface area (Å²) in [6, 6.07) is 4.55. The normalized spacial score (nSPS) is 23.4. The van der Waals surface area contributed by atoms with Crippen LogP contribution in [0.15, 0.2) is 18.3 Å². The van der Waals surface area contributed by atoms with E-state index < -0.39 is 0 Å². The molecule has 1 aromatic heterocycles. The van der Waals surface area contributed by atoms with Crippen molar-refractivity contribution in [2.45, 2.75) is 38.6 Å². The number of anilines is 1. The maximum Gasteiger partial charge on any atom is 0.290 e. The average Bonchev–Trinajstić information content (AvgIpc) is 2.80. The van der Waals surface area contributed by atoms with Crippen molar-refractivity contribution in [1.29, 1.82) is 0 Å². The first-order valence-corrected chi connectivity index (χ1v) is 11.0. The molecule has 3 fully saturated rings. The predicted molar refractivity (Wildman–Crippen MR) is 115 cm³/mol. The van der Waals surface area contributed by atoms with Crippen molar-refractivity contribution in [2.75, 3.05) is 57.4 Å². The second-order valence-corrected chi connectivity index (χ2v) is 8.38. The van der Waals surface area contributed by atoms with Crippen LogP contribution in [-0.2, 0) is 9.53 Å². The summed E-state index contributed by atoms with van der Waals surface area (Å²) in [6.45, 7) is 9.51. The molecule has 0 spiro atoms. The van der Waals surface area contributed by atoms with Gasteiger partial charge in [0, 0.05) is 45.0 Å². The van der Waals surface area contributed by atoms with Crippen LogP contribution in [0.4, 0.5) is 5.82 Å². The van der Waals surface area contributed by atoms with Crippen molar-refractivity contribution < 1.29 is 19.4 Å². The molecular formula is C22H34N4O4. The van der Waals surface area contributed by atoms with E-state index in [1.54, 1.807) is 6.20 Å². The molecular weight excluding hydrogens is 384 g/mol. The van der Waals surface area contributed by atoms with Gasteiger partial charge in [0.25, 0.3) is 12.4 Å². The molecule has 0 unspecified atom stereocenters. The summed E-state index contributed by atoms with van der Waals surface area (Å²) in [5.41, 5.74) is 0.706. The SMILES string of the molecule is C[C@@H]1CCCN(C2CCN(C(=O)c3ccc(N4CCOCC4)nc3)CC2)C1.O=CO. The van der Waals surface area contributed by atoms with Gasteiger partial charge in [-0.2, -0.15) is 0 Å². The zero-order valence-corrected chi connectivity index (χ0v) is 17.9. The molecule has 4 heterocycles. The van der Waals surface area contributed by atoms with E-state index in [0.29, 0.717) is 11.6 Å². The van der Waals surface area contributed by atoms with Gasteiger partial charge in [0.1, 0.15) is 5.82 Å². The number of carboxylic acid groups (broad SMARTS) is 1. The first-order chi connectivity index (χ1) is 14.6. The number of amides is 1. The Balaban J connectivity index is 0.000000806. The molecule has 1 atom stereocenters. The Kier molecular flexibility index (Phi) is 8.45. The van der Waals surface area contributed by atoms with Crippen LogP contribution in [0.1, 0.15) is 43.0 Å². The molecule has 166 valence electrons. The Bertz CT molecular complexity index is 670. The number of ether oxygens (including phenoxy) is 1. The minimum atomic E-state index is -0.250. The zero-order chi connectivity index (χ0) is 21.3. The Morgan fingerprint density at radius 3 is 2.43 bits per heavy atom. The van der Waals surface area contributed by atoms with Crippen molar-refractivity contribution in [2.24, 2.45) is 5.92 Å². The average molecular weight is 419 g/mol. The first kappa shape index (κ1) is 22.5. The summed E-state index contributed by atoms with van der Waals surface area (Å²) in [5.74, 6) is 1.88. The Labute approximate surface area is 178 Å². The minimum absolute atomic E-state index is 0.126. The number of pyridine rings is 1. The van der Waals surface area contributed by atoms with E-state index in [2.05, 4.69) is 21.7 Å². The third-order valence-electron chi connectivity index (χ3n) is 6.29. The van der Waals surface area contributed by atoms with E-state index in [1.165, 1.54) is 25.9 Å². The molecule has 0 aromatic carbocycles. The van der Waals surface area contributed by atoms with Gasteiger partial charge in [0.2, 0.25) is 0 Å². The molecule has 0 bridgehead atoms. The van der Waals surface area contributed by atoms with Crippen molar-refractivity contribution in [1.82, 2.24) is 14.8 Å². The van der Waals surface area contributed by atoms with Gasteiger partial charge in [0.05, 0.1) is 18.8 Å². The monoisotopic (exact) mass is 418 g/mol. The number of carbonyl (C=O) groups excluding carboxylic acids is 1. The van der Waals surface area contributed by atoms with E-state index in [0.717, 1.165) is 64.0 Å². The maximum atomic E-state index is 12.9. The van der Waals surface area contributed by atoms with Crippen molar-refractivity contribution >= 4 is 18.2 Å². The van der Waals surface area contributed by atoms with Crippen molar-refractivity contribution in [3.63, 3.8) is 0 Å². The predicted octanol–water partition coefficient (Wildman–Crippen LogP) is 1.96. The zero-order valence-electron chi connectivity index (χ0n) is 17.9. The fourth-order valence-electron chi connectivity index (χ4n) is 4.67. The third-order valence-corrected chi connectivity index (χ3v) is 6.29. The largest absolute Gasteiger partial charge is 0.483 e. The summed E-state index contributed by atoms with van der Waals surface area (Å²) in [5, 5.41) is 6.89. The number of carbonyl (C=O) groups is 2. The Hall–Kier alpha value is -2.19. The number of likely N-dealkylation sites (tertiary alicyclic amines) is 2. The van der Waals surface area contributed by atoms with E-state index >= 15 is 0 Å². The first-order valence-electron chi connectivity index (χ1n) is 11.0. The highest BCUT2D eigenvalue weighted by Gasteiger charge is 2.29. The van der Waals surface area contributed by atoms with Gasteiger partial charge in [-0.25, -0.2) is 4.98 Å². The number of aromatic nitrogens is 1. The summed E-state index contributed by atoms with van der Waals surface area (Å²) in [6.07, 6.45) is 6.61. The van der Waals surface area contributed by atoms with Crippen molar-refractivity contribution in [3.05, 3.63) is 23.9 Å². The van der Waals surface area contributed by atoms with Crippen LogP contribution in [-0.4, -0.2) is 90.8 Å². The molecule has 8 nitrogen and oxygen atoms in total. The molecule has 8 heteroatoms. The lowest BCUT2D eigenvalue weighted by atomic mass is 9.95. The lowest BCUT2D eigenvalue weighted by Gasteiger charge is -2.41. The lowest BCUT2D eigenvalue weighted by Crippen LogP contribution is -2.49. The lowest BCUT2D eigenvalue weighted by molar-refractivity contribution is -0.122. The number of rotatable bonds is 3. The third kappa shape index (κ3) is 5.92. The molecule has 0 aliphatic carbocycles. The fourth-order valence-corrected chi connectivity index (χ4v) is 4.67. The molecule has 30 heavy (non-hydrogen) atoms. The van der Waals surface area contributed by atoms with Crippen LogP contribution in [0.5, 0.6) is 0 Å². The quantitative estimate of drug-likeness (QED) is 0.751. The number of piperidine rings is 2. The smallest absolute Gasteiger partial charge is 0.290 e. The van der Waals surface area contributed by atoms with Crippen LogP contribution >= 0.6 is 0 Å². The molecule has 0 radical (unpaired) electrons. The molecule has 3 aliphatic heterocycles. The van der Waals surface area contributed by atoms with Crippen molar-refractivity contribution in [3.8, 4) is 0 Å². The van der Waals surface area contributed by atoms with Crippen LogP contribution in [0.25, 0.3) is 0 Å². The summed E-state index contributed by atoms with van der Waals surface area (Å²) in [4.78, 5) is 32.6. The number of hydrogen-bond donors (Lipinski definition) is 1. The topological polar surface area (TPSA) is 86.2 Å². The number of morpholine rings is 1. The van der Waals surface area contributed by atoms with Gasteiger partial charge in [0.15, 0.2) is 0 Å². The van der Waals surface area contributed by atoms with Crippen LogP contribution < -0.4 is 4.90 Å². The van der Waals surface area contributed by atoms with E-state index in [9.17, 15) is 4.79 Å². The van der Waals surface area contributed by atoms with E-state index in [4.69, 9.17) is 14.6 Å². The van der Waals surface area contributed by atoms with Gasteiger partial charge >= 0.3 is 0 Å². The number of nitrogens with zero attached hydrogens (tertiary/aromatic N) is 4. The molecule has 1 amide bonds. The van der Waals surface area contributed by atoms with E-state index in [1.807, 2.05) is 17.0 Å². The highest BCUT2D eigenvalue weighted by Crippen LogP contribution is 2.24. The molecule has 0 saturated carbocycles. The van der Waals surface area contributed by atoms with Crippen LogP contribution in [0.2, 0.25) is 0 Å². The van der Waals surface area contributed by atoms with Gasteiger partial charge in [-0.3, -0.25) is 14.5 Å². The molecule has 4 rings (SSSR count). The summed E-state index contributed by atoms with van der Waals surface area (Å²) in [7, 11) is 0. The second kappa shape index (κ2) is 11.3. The van der Waals surface area contributed by atoms with Crippen LogP contribution in [0, 0.1) is 5.92 Å². The minimum Gasteiger partial charge on any atom is -0.483 e. The summed E-state index contributed by atoms with van der Waals surface area (Å²) >= 11 is 0. The van der Waals surface area contributed by atoms with Crippen LogP contribution in [0.3, 0.4) is 0 Å².